The standard InChI is InChI=1S/C27H31ClN6O5/c1-17(2)24-26(36)31-9-11-33-10-8-30-25(33)18-4-5-21(38-3)22(14-18)39-13-12-34(16-23(35)32-24)27(37)19-6-7-29-15-20(19)28/h4-8,10,14-15,17,24H,9,11-13,16H2,1-3H3,(H,31,36)(H,32,35)/t24-/m1/s1. The molecule has 0 saturated heterocycles. The van der Waals surface area contributed by atoms with Gasteiger partial charge in [0.25, 0.3) is 5.91 Å². The number of imidazole rings is 1. The Balaban J connectivity index is 1.68. The number of carbonyl (C=O) groups is 3. The van der Waals surface area contributed by atoms with Gasteiger partial charge in [0.2, 0.25) is 11.8 Å². The van der Waals surface area contributed by atoms with E-state index in [-0.39, 0.29) is 42.1 Å². The number of carbonyl (C=O) groups excluding carboxylic acids is 3. The lowest BCUT2D eigenvalue weighted by Crippen LogP contribution is -2.53. The van der Waals surface area contributed by atoms with E-state index >= 15 is 0 Å². The predicted molar refractivity (Wildman–Crippen MR) is 145 cm³/mol. The van der Waals surface area contributed by atoms with Crippen LogP contribution in [-0.4, -0.2) is 76.5 Å². The molecule has 2 N–H and O–H groups in total. The van der Waals surface area contributed by atoms with E-state index in [1.165, 1.54) is 30.5 Å². The summed E-state index contributed by atoms with van der Waals surface area (Å²) in [6.45, 7) is 4.30. The lowest BCUT2D eigenvalue weighted by Gasteiger charge is -2.26. The molecular formula is C27H31ClN6O5. The summed E-state index contributed by atoms with van der Waals surface area (Å²) in [5.74, 6) is 0.218. The molecule has 0 fully saturated rings. The topological polar surface area (TPSA) is 128 Å². The number of hydrogen-bond acceptors (Lipinski definition) is 7. The Hall–Kier alpha value is -4.12. The van der Waals surface area contributed by atoms with Crippen LogP contribution >= 0.6 is 11.6 Å². The summed E-state index contributed by atoms with van der Waals surface area (Å²) < 4.78 is 13.4. The Morgan fingerprint density at radius 3 is 2.77 bits per heavy atom. The van der Waals surface area contributed by atoms with E-state index < -0.39 is 17.9 Å². The third-order valence-electron chi connectivity index (χ3n) is 6.30. The Bertz CT molecular complexity index is 1340. The van der Waals surface area contributed by atoms with Gasteiger partial charge in [-0.2, -0.15) is 0 Å². The average Bonchev–Trinajstić information content (AvgIpc) is 3.38. The largest absolute Gasteiger partial charge is 0.493 e. The third-order valence-corrected chi connectivity index (χ3v) is 6.60. The van der Waals surface area contributed by atoms with E-state index in [1.807, 2.05) is 36.7 Å². The first-order chi connectivity index (χ1) is 18.8. The summed E-state index contributed by atoms with van der Waals surface area (Å²) in [4.78, 5) is 49.2. The maximum atomic E-state index is 13.4. The number of pyridine rings is 1. The van der Waals surface area contributed by atoms with Gasteiger partial charge in [-0.15, -0.1) is 0 Å². The lowest BCUT2D eigenvalue weighted by molar-refractivity contribution is -0.130. The van der Waals surface area contributed by atoms with Gasteiger partial charge in [0.1, 0.15) is 18.5 Å². The number of benzene rings is 1. The second-order valence-electron chi connectivity index (χ2n) is 9.32. The van der Waals surface area contributed by atoms with Crippen molar-refractivity contribution >= 4 is 29.3 Å². The molecule has 0 radical (unpaired) electrons. The molecule has 1 atom stereocenters. The maximum absolute atomic E-state index is 13.4. The van der Waals surface area contributed by atoms with Crippen LogP contribution in [-0.2, 0) is 16.1 Å². The maximum Gasteiger partial charge on any atom is 0.256 e. The minimum absolute atomic E-state index is 0.0596. The Kier molecular flexibility index (Phi) is 9.03. The first-order valence-electron chi connectivity index (χ1n) is 12.6. The molecule has 12 heteroatoms. The molecule has 3 amide bonds. The predicted octanol–water partition coefficient (Wildman–Crippen LogP) is 2.40. The smallest absolute Gasteiger partial charge is 0.256 e. The summed E-state index contributed by atoms with van der Waals surface area (Å²) in [6.07, 6.45) is 6.33. The minimum Gasteiger partial charge on any atom is -0.493 e. The minimum atomic E-state index is -0.785. The van der Waals surface area contributed by atoms with Gasteiger partial charge < -0.3 is 29.6 Å². The number of nitrogens with zero attached hydrogens (tertiary/aromatic N) is 4. The SMILES string of the molecule is COc1ccc2cc1OCCN(C(=O)c1ccncc1Cl)CC(=O)N[C@H](C(C)C)C(=O)NCCn1ccnc1-2. The highest BCUT2D eigenvalue weighted by Gasteiger charge is 2.27. The molecule has 4 rings (SSSR count). The number of halogens is 1. The van der Waals surface area contributed by atoms with Crippen molar-refractivity contribution in [3.8, 4) is 22.9 Å². The van der Waals surface area contributed by atoms with Crippen molar-refractivity contribution in [3.63, 3.8) is 0 Å². The van der Waals surface area contributed by atoms with Crippen LogP contribution in [0, 0.1) is 5.92 Å². The highest BCUT2D eigenvalue weighted by atomic mass is 35.5. The van der Waals surface area contributed by atoms with E-state index in [1.54, 1.807) is 12.3 Å². The molecule has 3 heterocycles. The van der Waals surface area contributed by atoms with Crippen molar-refractivity contribution in [1.82, 2.24) is 30.1 Å². The molecule has 206 valence electrons. The molecule has 0 unspecified atom stereocenters. The van der Waals surface area contributed by atoms with Crippen LogP contribution in [0.3, 0.4) is 0 Å². The fraction of sp³-hybridized carbons (Fsp3) is 0.370. The Morgan fingerprint density at radius 1 is 1.21 bits per heavy atom. The number of methoxy groups -OCH3 is 1. The summed E-state index contributed by atoms with van der Waals surface area (Å²) in [5.41, 5.74) is 0.995. The van der Waals surface area contributed by atoms with Gasteiger partial charge >= 0.3 is 0 Å². The molecule has 3 aromatic rings. The van der Waals surface area contributed by atoms with E-state index in [0.29, 0.717) is 30.4 Å². The van der Waals surface area contributed by atoms with E-state index in [0.717, 1.165) is 5.56 Å². The number of rotatable bonds is 3. The Morgan fingerprint density at radius 2 is 2.03 bits per heavy atom. The van der Waals surface area contributed by atoms with Gasteiger partial charge in [-0.25, -0.2) is 4.98 Å². The number of nitrogens with one attached hydrogen (secondary N) is 2. The second kappa shape index (κ2) is 12.6. The first kappa shape index (κ1) is 27.9. The number of aromatic nitrogens is 3. The second-order valence-corrected chi connectivity index (χ2v) is 9.73. The van der Waals surface area contributed by atoms with Gasteiger partial charge in [0, 0.05) is 43.4 Å². The van der Waals surface area contributed by atoms with Gasteiger partial charge in [-0.05, 0) is 30.2 Å². The van der Waals surface area contributed by atoms with E-state index in [2.05, 4.69) is 20.6 Å². The first-order valence-corrected chi connectivity index (χ1v) is 12.9. The van der Waals surface area contributed by atoms with Crippen LogP contribution in [0.15, 0.2) is 49.1 Å². The van der Waals surface area contributed by atoms with Crippen LogP contribution < -0.4 is 20.1 Å². The Labute approximate surface area is 231 Å². The monoisotopic (exact) mass is 554 g/mol. The molecular weight excluding hydrogens is 524 g/mol. The zero-order valence-corrected chi connectivity index (χ0v) is 22.8. The zero-order chi connectivity index (χ0) is 27.9. The number of fused-ring (bicyclic) bond motifs is 4. The highest BCUT2D eigenvalue weighted by Crippen LogP contribution is 2.32. The molecule has 0 saturated carbocycles. The molecule has 1 aliphatic rings. The van der Waals surface area contributed by atoms with Crippen molar-refractivity contribution in [1.29, 1.82) is 0 Å². The molecule has 2 bridgehead atoms. The molecule has 1 aliphatic heterocycles. The summed E-state index contributed by atoms with van der Waals surface area (Å²) in [7, 11) is 1.54. The third kappa shape index (κ3) is 6.66. The van der Waals surface area contributed by atoms with E-state index in [4.69, 9.17) is 21.1 Å². The fourth-order valence-corrected chi connectivity index (χ4v) is 4.45. The molecule has 2 aromatic heterocycles. The zero-order valence-electron chi connectivity index (χ0n) is 22.0. The molecule has 11 nitrogen and oxygen atoms in total. The molecule has 0 spiro atoms. The number of amides is 3. The van der Waals surface area contributed by atoms with Crippen LogP contribution in [0.1, 0.15) is 24.2 Å². The van der Waals surface area contributed by atoms with Crippen LogP contribution in [0.2, 0.25) is 5.02 Å². The van der Waals surface area contributed by atoms with Crippen LogP contribution in [0.5, 0.6) is 11.5 Å². The van der Waals surface area contributed by atoms with Gasteiger partial charge in [-0.1, -0.05) is 25.4 Å². The van der Waals surface area contributed by atoms with Gasteiger partial charge in [-0.3, -0.25) is 19.4 Å². The molecule has 39 heavy (non-hydrogen) atoms. The van der Waals surface area contributed by atoms with E-state index in [9.17, 15) is 14.4 Å². The normalized spacial score (nSPS) is 16.9. The van der Waals surface area contributed by atoms with Crippen molar-refractivity contribution in [2.75, 3.05) is 33.4 Å². The highest BCUT2D eigenvalue weighted by molar-refractivity contribution is 6.33. The average molecular weight is 555 g/mol. The van der Waals surface area contributed by atoms with Crippen molar-refractivity contribution in [3.05, 3.63) is 59.6 Å². The number of ether oxygens (including phenoxy) is 2. The molecule has 0 aliphatic carbocycles. The van der Waals surface area contributed by atoms with Gasteiger partial charge in [0.15, 0.2) is 11.5 Å². The quantitative estimate of drug-likeness (QED) is 0.509. The number of hydrogen-bond donors (Lipinski definition) is 2. The van der Waals surface area contributed by atoms with Crippen molar-refractivity contribution < 1.29 is 23.9 Å². The summed E-state index contributed by atoms with van der Waals surface area (Å²) in [6, 6.07) is 6.16. The van der Waals surface area contributed by atoms with Gasteiger partial charge in [0.05, 0.1) is 30.8 Å². The molecule has 1 aromatic carbocycles. The fourth-order valence-electron chi connectivity index (χ4n) is 4.25. The summed E-state index contributed by atoms with van der Waals surface area (Å²) >= 11 is 6.22. The van der Waals surface area contributed by atoms with Crippen molar-refractivity contribution in [2.45, 2.75) is 26.4 Å². The van der Waals surface area contributed by atoms with Crippen LogP contribution in [0.4, 0.5) is 0 Å². The lowest BCUT2D eigenvalue weighted by atomic mass is 10.0. The van der Waals surface area contributed by atoms with Crippen molar-refractivity contribution in [2.24, 2.45) is 5.92 Å². The summed E-state index contributed by atoms with van der Waals surface area (Å²) in [5, 5.41) is 5.84. The van der Waals surface area contributed by atoms with Crippen LogP contribution in [0.25, 0.3) is 11.4 Å².